The SMILES string of the molecule is CC1CCCCC1NC(=O)CCn1nc(-c2ccc(Cl)cc2)ccc1=O. The van der Waals surface area contributed by atoms with Crippen LogP contribution in [0.25, 0.3) is 11.3 Å². The molecule has 1 aromatic carbocycles. The Kier molecular flexibility index (Phi) is 6.09. The maximum absolute atomic E-state index is 12.3. The third-order valence-corrected chi connectivity index (χ3v) is 5.27. The Balaban J connectivity index is 1.64. The quantitative estimate of drug-likeness (QED) is 0.870. The molecule has 1 aromatic heterocycles. The van der Waals surface area contributed by atoms with Crippen molar-refractivity contribution in [2.75, 3.05) is 0 Å². The standard InChI is InChI=1S/C20H24ClN3O2/c1-14-4-2-3-5-17(14)22-19(25)12-13-24-20(26)11-10-18(23-24)15-6-8-16(21)9-7-15/h6-11,14,17H,2-5,12-13H2,1H3,(H,22,25). The van der Waals surface area contributed by atoms with E-state index >= 15 is 0 Å². The molecule has 6 heteroatoms. The molecule has 1 aliphatic carbocycles. The van der Waals surface area contributed by atoms with E-state index in [4.69, 9.17) is 11.6 Å². The fourth-order valence-corrected chi connectivity index (χ4v) is 3.53. The fourth-order valence-electron chi connectivity index (χ4n) is 3.40. The van der Waals surface area contributed by atoms with Gasteiger partial charge in [0.05, 0.1) is 12.2 Å². The maximum atomic E-state index is 12.3. The number of nitrogens with one attached hydrogen (secondary N) is 1. The number of aryl methyl sites for hydroxylation is 1. The van der Waals surface area contributed by atoms with E-state index in [0.717, 1.165) is 18.4 Å². The lowest BCUT2D eigenvalue weighted by Gasteiger charge is -2.29. The Morgan fingerprint density at radius 2 is 1.92 bits per heavy atom. The molecule has 0 spiro atoms. The Bertz CT molecular complexity index is 817. The number of benzene rings is 1. The number of nitrogens with zero attached hydrogens (tertiary/aromatic N) is 2. The molecule has 0 aliphatic heterocycles. The van der Waals surface area contributed by atoms with Gasteiger partial charge >= 0.3 is 0 Å². The van der Waals surface area contributed by atoms with Crippen molar-refractivity contribution in [3.05, 3.63) is 51.8 Å². The lowest BCUT2D eigenvalue weighted by Crippen LogP contribution is -2.41. The molecule has 1 saturated carbocycles. The van der Waals surface area contributed by atoms with Gasteiger partial charge in [-0.25, -0.2) is 4.68 Å². The van der Waals surface area contributed by atoms with Gasteiger partial charge in [0.15, 0.2) is 0 Å². The number of amides is 1. The van der Waals surface area contributed by atoms with Crippen LogP contribution < -0.4 is 10.9 Å². The minimum atomic E-state index is -0.207. The zero-order chi connectivity index (χ0) is 18.5. The van der Waals surface area contributed by atoms with Crippen LogP contribution in [-0.4, -0.2) is 21.7 Å². The lowest BCUT2D eigenvalue weighted by molar-refractivity contribution is -0.122. The van der Waals surface area contributed by atoms with Crippen LogP contribution in [0.2, 0.25) is 5.02 Å². The highest BCUT2D eigenvalue weighted by Crippen LogP contribution is 2.23. The van der Waals surface area contributed by atoms with Gasteiger partial charge in [-0.05, 0) is 37.0 Å². The number of aromatic nitrogens is 2. The summed E-state index contributed by atoms with van der Waals surface area (Å²) in [5.74, 6) is 0.496. The molecule has 1 amide bonds. The lowest BCUT2D eigenvalue weighted by atomic mass is 9.86. The van der Waals surface area contributed by atoms with Crippen molar-refractivity contribution < 1.29 is 4.79 Å². The zero-order valence-electron chi connectivity index (χ0n) is 15.0. The van der Waals surface area contributed by atoms with Crippen molar-refractivity contribution in [3.63, 3.8) is 0 Å². The number of carbonyl (C=O) groups excluding carboxylic acids is 1. The molecule has 138 valence electrons. The normalized spacial score (nSPS) is 19.9. The van der Waals surface area contributed by atoms with Crippen LogP contribution in [0.15, 0.2) is 41.2 Å². The van der Waals surface area contributed by atoms with Gasteiger partial charge in [0.2, 0.25) is 5.91 Å². The molecular formula is C20H24ClN3O2. The van der Waals surface area contributed by atoms with E-state index in [9.17, 15) is 9.59 Å². The summed E-state index contributed by atoms with van der Waals surface area (Å²) in [7, 11) is 0. The molecule has 0 saturated heterocycles. The van der Waals surface area contributed by atoms with Crippen molar-refractivity contribution in [1.29, 1.82) is 0 Å². The van der Waals surface area contributed by atoms with Gasteiger partial charge in [-0.2, -0.15) is 5.10 Å². The second kappa shape index (κ2) is 8.49. The van der Waals surface area contributed by atoms with Crippen LogP contribution in [0.3, 0.4) is 0 Å². The highest BCUT2D eigenvalue weighted by molar-refractivity contribution is 6.30. The van der Waals surface area contributed by atoms with Crippen molar-refractivity contribution >= 4 is 17.5 Å². The highest BCUT2D eigenvalue weighted by Gasteiger charge is 2.22. The van der Waals surface area contributed by atoms with Crippen LogP contribution in [0.1, 0.15) is 39.0 Å². The molecule has 5 nitrogen and oxygen atoms in total. The number of hydrogen-bond acceptors (Lipinski definition) is 3. The Morgan fingerprint density at radius 1 is 1.19 bits per heavy atom. The van der Waals surface area contributed by atoms with Gasteiger partial charge in [0.25, 0.3) is 5.56 Å². The molecule has 1 N–H and O–H groups in total. The van der Waals surface area contributed by atoms with Crippen LogP contribution in [0, 0.1) is 5.92 Å². The second-order valence-corrected chi connectivity index (χ2v) is 7.41. The topological polar surface area (TPSA) is 64.0 Å². The molecule has 26 heavy (non-hydrogen) atoms. The van der Waals surface area contributed by atoms with E-state index in [1.807, 2.05) is 12.1 Å². The third kappa shape index (κ3) is 4.73. The molecule has 2 aromatic rings. The summed E-state index contributed by atoms with van der Waals surface area (Å²) in [6.45, 7) is 2.46. The molecule has 1 fully saturated rings. The van der Waals surface area contributed by atoms with Gasteiger partial charge in [-0.1, -0.05) is 43.5 Å². The molecule has 0 bridgehead atoms. The van der Waals surface area contributed by atoms with Crippen molar-refractivity contribution in [2.24, 2.45) is 5.92 Å². The summed E-state index contributed by atoms with van der Waals surface area (Å²) in [6, 6.07) is 10.7. The van der Waals surface area contributed by atoms with E-state index in [-0.39, 0.29) is 30.5 Å². The molecular weight excluding hydrogens is 350 g/mol. The maximum Gasteiger partial charge on any atom is 0.266 e. The first-order valence-electron chi connectivity index (χ1n) is 9.16. The van der Waals surface area contributed by atoms with Gasteiger partial charge in [0, 0.05) is 29.1 Å². The predicted octanol–water partition coefficient (Wildman–Crippen LogP) is 3.65. The number of hydrogen-bond donors (Lipinski definition) is 1. The third-order valence-electron chi connectivity index (χ3n) is 5.02. The minimum absolute atomic E-state index is 0.0191. The average molecular weight is 374 g/mol. The van der Waals surface area contributed by atoms with Crippen LogP contribution in [-0.2, 0) is 11.3 Å². The first-order valence-corrected chi connectivity index (χ1v) is 9.54. The first kappa shape index (κ1) is 18.6. The molecule has 1 aliphatic rings. The summed E-state index contributed by atoms with van der Waals surface area (Å²) in [6.07, 6.45) is 4.86. The van der Waals surface area contributed by atoms with E-state index in [1.165, 1.54) is 23.6 Å². The molecule has 3 rings (SSSR count). The molecule has 2 atom stereocenters. The summed E-state index contributed by atoms with van der Waals surface area (Å²) in [5.41, 5.74) is 1.35. The van der Waals surface area contributed by atoms with E-state index in [1.54, 1.807) is 18.2 Å². The Labute approximate surface area is 158 Å². The predicted molar refractivity (Wildman–Crippen MR) is 103 cm³/mol. The number of halogens is 1. The highest BCUT2D eigenvalue weighted by atomic mass is 35.5. The number of carbonyl (C=O) groups is 1. The second-order valence-electron chi connectivity index (χ2n) is 6.97. The van der Waals surface area contributed by atoms with Crippen molar-refractivity contribution in [2.45, 2.75) is 51.6 Å². The van der Waals surface area contributed by atoms with Gasteiger partial charge in [-0.3, -0.25) is 9.59 Å². The smallest absolute Gasteiger partial charge is 0.266 e. The summed E-state index contributed by atoms with van der Waals surface area (Å²) < 4.78 is 1.35. The van der Waals surface area contributed by atoms with Crippen LogP contribution in [0.4, 0.5) is 0 Å². The van der Waals surface area contributed by atoms with Crippen molar-refractivity contribution in [3.8, 4) is 11.3 Å². The summed E-state index contributed by atoms with van der Waals surface area (Å²) in [4.78, 5) is 24.3. The fraction of sp³-hybridized carbons (Fsp3) is 0.450. The molecule has 0 radical (unpaired) electrons. The zero-order valence-corrected chi connectivity index (χ0v) is 15.7. The first-order chi connectivity index (χ1) is 12.5. The monoisotopic (exact) mass is 373 g/mol. The molecule has 2 unspecified atom stereocenters. The van der Waals surface area contributed by atoms with E-state index in [2.05, 4.69) is 17.3 Å². The minimum Gasteiger partial charge on any atom is -0.353 e. The van der Waals surface area contributed by atoms with Crippen LogP contribution >= 0.6 is 11.6 Å². The summed E-state index contributed by atoms with van der Waals surface area (Å²) >= 11 is 5.91. The largest absolute Gasteiger partial charge is 0.353 e. The molecule has 1 heterocycles. The van der Waals surface area contributed by atoms with Crippen LogP contribution in [0.5, 0.6) is 0 Å². The Hall–Kier alpha value is -2.14. The Morgan fingerprint density at radius 3 is 2.65 bits per heavy atom. The summed E-state index contributed by atoms with van der Waals surface area (Å²) in [5, 5.41) is 8.15. The van der Waals surface area contributed by atoms with Crippen molar-refractivity contribution in [1.82, 2.24) is 15.1 Å². The van der Waals surface area contributed by atoms with E-state index < -0.39 is 0 Å². The van der Waals surface area contributed by atoms with E-state index in [0.29, 0.717) is 16.6 Å². The van der Waals surface area contributed by atoms with Gasteiger partial charge in [-0.15, -0.1) is 0 Å². The average Bonchev–Trinajstić information content (AvgIpc) is 2.64. The van der Waals surface area contributed by atoms with Gasteiger partial charge in [0.1, 0.15) is 0 Å². The van der Waals surface area contributed by atoms with Gasteiger partial charge < -0.3 is 5.32 Å². The number of rotatable bonds is 5.